The van der Waals surface area contributed by atoms with Crippen LogP contribution in [0.1, 0.15) is 12.5 Å². The smallest absolute Gasteiger partial charge is 0.253 e. The topological polar surface area (TPSA) is 59.9 Å². The molecular weight excluding hydrogens is 348 g/mol. The van der Waals surface area contributed by atoms with Crippen molar-refractivity contribution >= 4 is 35.5 Å². The molecule has 1 atom stereocenters. The summed E-state index contributed by atoms with van der Waals surface area (Å²) in [5.74, 6) is 1.22. The van der Waals surface area contributed by atoms with Gasteiger partial charge in [0.25, 0.3) is 5.91 Å². The van der Waals surface area contributed by atoms with Crippen LogP contribution in [0.4, 0.5) is 0 Å². The van der Waals surface area contributed by atoms with E-state index in [1.165, 1.54) is 11.8 Å². The normalized spacial score (nSPS) is 13.9. The standard InChI is InChI=1S/C17H15ClN2O3S/c1-11(24-14-5-3-13(18)4-6-14)17(21)20-19-9-12-2-7-15-16(8-12)23-10-22-15/h2-9,11H,10H2,1H3,(H,20,21)/b19-9+. The third-order valence-corrected chi connectivity index (χ3v) is 4.64. The summed E-state index contributed by atoms with van der Waals surface area (Å²) in [5.41, 5.74) is 3.36. The highest BCUT2D eigenvalue weighted by Gasteiger charge is 2.14. The lowest BCUT2D eigenvalue weighted by Gasteiger charge is -2.09. The van der Waals surface area contributed by atoms with Gasteiger partial charge in [-0.15, -0.1) is 11.8 Å². The zero-order chi connectivity index (χ0) is 16.9. The van der Waals surface area contributed by atoms with Gasteiger partial charge in [-0.1, -0.05) is 11.6 Å². The van der Waals surface area contributed by atoms with Crippen molar-refractivity contribution in [1.29, 1.82) is 0 Å². The van der Waals surface area contributed by atoms with E-state index < -0.39 is 0 Å². The van der Waals surface area contributed by atoms with Gasteiger partial charge in [-0.05, 0) is 55.0 Å². The van der Waals surface area contributed by atoms with E-state index in [1.807, 2.05) is 37.3 Å². The SMILES string of the molecule is CC(Sc1ccc(Cl)cc1)C(=O)N/N=C/c1ccc2c(c1)OCO2. The fraction of sp³-hybridized carbons (Fsp3) is 0.176. The first-order valence-corrected chi connectivity index (χ1v) is 8.52. The number of hydrazone groups is 1. The van der Waals surface area contributed by atoms with E-state index in [1.54, 1.807) is 18.3 Å². The average molecular weight is 363 g/mol. The van der Waals surface area contributed by atoms with Crippen LogP contribution in [0.2, 0.25) is 5.02 Å². The summed E-state index contributed by atoms with van der Waals surface area (Å²) in [7, 11) is 0. The number of ether oxygens (including phenoxy) is 2. The molecule has 24 heavy (non-hydrogen) atoms. The number of halogens is 1. The maximum Gasteiger partial charge on any atom is 0.253 e. The Morgan fingerprint density at radius 3 is 2.79 bits per heavy atom. The molecule has 124 valence electrons. The van der Waals surface area contributed by atoms with Crippen LogP contribution >= 0.6 is 23.4 Å². The van der Waals surface area contributed by atoms with Gasteiger partial charge in [0.1, 0.15) is 0 Å². The highest BCUT2D eigenvalue weighted by atomic mass is 35.5. The Labute approximate surface area is 149 Å². The first-order chi connectivity index (χ1) is 11.6. The van der Waals surface area contributed by atoms with E-state index in [9.17, 15) is 4.79 Å². The Bertz CT molecular complexity index is 765. The van der Waals surface area contributed by atoms with E-state index in [2.05, 4.69) is 10.5 Å². The van der Waals surface area contributed by atoms with Gasteiger partial charge in [-0.25, -0.2) is 5.43 Å². The van der Waals surface area contributed by atoms with Crippen LogP contribution in [0, 0.1) is 0 Å². The summed E-state index contributed by atoms with van der Waals surface area (Å²) >= 11 is 7.29. The van der Waals surface area contributed by atoms with Crippen molar-refractivity contribution in [2.75, 3.05) is 6.79 Å². The lowest BCUT2D eigenvalue weighted by atomic mass is 10.2. The van der Waals surface area contributed by atoms with Crippen molar-refractivity contribution in [3.63, 3.8) is 0 Å². The number of hydrogen-bond acceptors (Lipinski definition) is 5. The zero-order valence-corrected chi connectivity index (χ0v) is 14.4. The average Bonchev–Trinajstić information content (AvgIpc) is 3.04. The maximum absolute atomic E-state index is 12.1. The Morgan fingerprint density at radius 2 is 2.00 bits per heavy atom. The molecule has 2 aromatic rings. The summed E-state index contributed by atoms with van der Waals surface area (Å²) in [6.45, 7) is 2.05. The number of fused-ring (bicyclic) bond motifs is 1. The molecule has 1 unspecified atom stereocenters. The van der Waals surface area contributed by atoms with Crippen molar-refractivity contribution in [3.8, 4) is 11.5 Å². The number of benzene rings is 2. The molecule has 0 saturated carbocycles. The molecule has 1 N–H and O–H groups in total. The first kappa shape index (κ1) is 16.7. The Morgan fingerprint density at radius 1 is 1.25 bits per heavy atom. The number of thioether (sulfide) groups is 1. The number of carbonyl (C=O) groups excluding carboxylic acids is 1. The Balaban J connectivity index is 1.53. The lowest BCUT2D eigenvalue weighted by molar-refractivity contribution is -0.120. The highest BCUT2D eigenvalue weighted by molar-refractivity contribution is 8.00. The van der Waals surface area contributed by atoms with E-state index in [0.29, 0.717) is 16.5 Å². The van der Waals surface area contributed by atoms with Crippen molar-refractivity contribution in [2.45, 2.75) is 17.1 Å². The van der Waals surface area contributed by atoms with Crippen molar-refractivity contribution in [1.82, 2.24) is 5.43 Å². The molecule has 2 aromatic carbocycles. The second-order valence-corrected chi connectivity index (χ2v) is 6.91. The monoisotopic (exact) mass is 362 g/mol. The molecule has 5 nitrogen and oxygen atoms in total. The molecule has 0 fully saturated rings. The maximum atomic E-state index is 12.1. The van der Waals surface area contributed by atoms with Crippen LogP contribution in [0.25, 0.3) is 0 Å². The quantitative estimate of drug-likeness (QED) is 0.500. The summed E-state index contributed by atoms with van der Waals surface area (Å²) in [6, 6.07) is 12.8. The summed E-state index contributed by atoms with van der Waals surface area (Å²) < 4.78 is 10.5. The number of rotatable bonds is 5. The van der Waals surface area contributed by atoms with Crippen molar-refractivity contribution < 1.29 is 14.3 Å². The molecule has 0 aromatic heterocycles. The minimum absolute atomic E-state index is 0.174. The van der Waals surface area contributed by atoms with E-state index in [0.717, 1.165) is 10.5 Å². The fourth-order valence-electron chi connectivity index (χ4n) is 2.03. The van der Waals surface area contributed by atoms with Crippen molar-refractivity contribution in [2.24, 2.45) is 5.10 Å². The first-order valence-electron chi connectivity index (χ1n) is 7.26. The minimum atomic E-state index is -0.278. The molecule has 1 aliphatic rings. The van der Waals surface area contributed by atoms with Crippen LogP contribution < -0.4 is 14.9 Å². The van der Waals surface area contributed by atoms with Crippen LogP contribution in [0.3, 0.4) is 0 Å². The molecule has 1 heterocycles. The molecule has 0 aliphatic carbocycles. The third kappa shape index (κ3) is 4.21. The molecule has 0 saturated heterocycles. The molecule has 1 aliphatic heterocycles. The third-order valence-electron chi connectivity index (χ3n) is 3.28. The van der Waals surface area contributed by atoms with Crippen LogP contribution in [-0.4, -0.2) is 24.2 Å². The van der Waals surface area contributed by atoms with E-state index >= 15 is 0 Å². The summed E-state index contributed by atoms with van der Waals surface area (Å²) in [6.07, 6.45) is 1.57. The van der Waals surface area contributed by atoms with Crippen molar-refractivity contribution in [3.05, 3.63) is 53.1 Å². The molecular formula is C17H15ClN2O3S. The van der Waals surface area contributed by atoms with Gasteiger partial charge in [0.05, 0.1) is 11.5 Å². The van der Waals surface area contributed by atoms with E-state index in [4.69, 9.17) is 21.1 Å². The number of amides is 1. The van der Waals surface area contributed by atoms with E-state index in [-0.39, 0.29) is 18.0 Å². The molecule has 7 heteroatoms. The zero-order valence-electron chi connectivity index (χ0n) is 12.9. The number of hydrogen-bond donors (Lipinski definition) is 1. The predicted molar refractivity (Wildman–Crippen MR) is 95.1 cm³/mol. The van der Waals surface area contributed by atoms with Gasteiger partial charge >= 0.3 is 0 Å². The summed E-state index contributed by atoms with van der Waals surface area (Å²) in [5, 5.41) is 4.38. The molecule has 0 radical (unpaired) electrons. The van der Waals surface area contributed by atoms with Gasteiger partial charge in [0, 0.05) is 9.92 Å². The molecule has 1 amide bonds. The number of carbonyl (C=O) groups is 1. The van der Waals surface area contributed by atoms with Gasteiger partial charge in [0.2, 0.25) is 6.79 Å². The Kier molecular flexibility index (Phi) is 5.27. The highest BCUT2D eigenvalue weighted by Crippen LogP contribution is 2.32. The summed E-state index contributed by atoms with van der Waals surface area (Å²) in [4.78, 5) is 13.0. The molecule has 3 rings (SSSR count). The van der Waals surface area contributed by atoms with Crippen LogP contribution in [0.5, 0.6) is 11.5 Å². The van der Waals surface area contributed by atoms with Gasteiger partial charge in [-0.3, -0.25) is 4.79 Å². The molecule has 0 bridgehead atoms. The second-order valence-electron chi connectivity index (χ2n) is 5.06. The van der Waals surface area contributed by atoms with Gasteiger partial charge < -0.3 is 9.47 Å². The fourth-order valence-corrected chi connectivity index (χ4v) is 3.01. The number of nitrogens with zero attached hydrogens (tertiary/aromatic N) is 1. The minimum Gasteiger partial charge on any atom is -0.454 e. The predicted octanol–water partition coefficient (Wildman–Crippen LogP) is 3.70. The Hall–Kier alpha value is -2.18. The lowest BCUT2D eigenvalue weighted by Crippen LogP contribution is -2.26. The van der Waals surface area contributed by atoms with Gasteiger partial charge in [-0.2, -0.15) is 5.10 Å². The largest absolute Gasteiger partial charge is 0.454 e. The molecule has 0 spiro atoms. The van der Waals surface area contributed by atoms with Crippen LogP contribution in [0.15, 0.2) is 52.5 Å². The van der Waals surface area contributed by atoms with Crippen LogP contribution in [-0.2, 0) is 4.79 Å². The second kappa shape index (κ2) is 7.59. The van der Waals surface area contributed by atoms with Gasteiger partial charge in [0.15, 0.2) is 11.5 Å². The number of nitrogens with one attached hydrogen (secondary N) is 1.